The second-order valence-corrected chi connectivity index (χ2v) is 5.31. The van der Waals surface area contributed by atoms with Gasteiger partial charge in [-0.2, -0.15) is 0 Å². The first kappa shape index (κ1) is 17.3. The Morgan fingerprint density at radius 3 is 2.42 bits per heavy atom. The van der Waals surface area contributed by atoms with Gasteiger partial charge in [0.1, 0.15) is 11.5 Å². The molecule has 1 aliphatic rings. The molecule has 6 nitrogen and oxygen atoms in total. The lowest BCUT2D eigenvalue weighted by molar-refractivity contribution is -0.139. The molecule has 0 radical (unpaired) electrons. The molecule has 3 rings (SSSR count). The van der Waals surface area contributed by atoms with Gasteiger partial charge in [-0.1, -0.05) is 18.2 Å². The van der Waals surface area contributed by atoms with Crippen molar-refractivity contribution < 1.29 is 23.5 Å². The van der Waals surface area contributed by atoms with E-state index in [4.69, 9.17) is 13.9 Å². The molecule has 0 spiro atoms. The molecule has 6 heteroatoms. The second-order valence-electron chi connectivity index (χ2n) is 5.31. The first-order valence-corrected chi connectivity index (χ1v) is 7.85. The summed E-state index contributed by atoms with van der Waals surface area (Å²) in [4.78, 5) is 26.3. The van der Waals surface area contributed by atoms with E-state index >= 15 is 0 Å². The summed E-state index contributed by atoms with van der Waals surface area (Å²) in [6.07, 6.45) is 8.15. The molecule has 1 aromatic heterocycles. The van der Waals surface area contributed by atoms with Crippen LogP contribution < -0.4 is 4.90 Å². The molecule has 0 amide bonds. The van der Waals surface area contributed by atoms with E-state index in [2.05, 4.69) is 0 Å². The van der Waals surface area contributed by atoms with Crippen molar-refractivity contribution in [1.29, 1.82) is 0 Å². The Bertz CT molecular complexity index is 906. The molecule has 0 atom stereocenters. The molecule has 2 aromatic rings. The van der Waals surface area contributed by atoms with E-state index in [-0.39, 0.29) is 11.3 Å². The zero-order chi connectivity index (χ0) is 18.5. The summed E-state index contributed by atoms with van der Waals surface area (Å²) >= 11 is 0. The van der Waals surface area contributed by atoms with Gasteiger partial charge in [0.2, 0.25) is 0 Å². The van der Waals surface area contributed by atoms with Crippen LogP contribution in [0.5, 0.6) is 0 Å². The molecular formula is C20H17NO5. The third-order valence-corrected chi connectivity index (χ3v) is 3.84. The van der Waals surface area contributed by atoms with E-state index in [1.54, 1.807) is 35.6 Å². The van der Waals surface area contributed by atoms with Gasteiger partial charge in [0, 0.05) is 11.8 Å². The summed E-state index contributed by atoms with van der Waals surface area (Å²) in [7, 11) is 2.52. The van der Waals surface area contributed by atoms with E-state index in [1.807, 2.05) is 30.3 Å². The van der Waals surface area contributed by atoms with Gasteiger partial charge in [0.15, 0.2) is 0 Å². The van der Waals surface area contributed by atoms with Crippen LogP contribution in [0.1, 0.15) is 0 Å². The number of allylic oxidation sites excluding steroid dienone is 2. The van der Waals surface area contributed by atoms with Crippen LogP contribution in [0.15, 0.2) is 82.8 Å². The highest BCUT2D eigenvalue weighted by molar-refractivity contribution is 6.06. The van der Waals surface area contributed by atoms with Crippen LogP contribution in [0.25, 0.3) is 11.3 Å². The number of nitrogens with zero attached hydrogens (tertiary/aromatic N) is 1. The van der Waals surface area contributed by atoms with E-state index in [0.29, 0.717) is 11.4 Å². The zero-order valence-corrected chi connectivity index (χ0v) is 14.3. The van der Waals surface area contributed by atoms with Crippen LogP contribution >= 0.6 is 0 Å². The molecule has 0 unspecified atom stereocenters. The molecular weight excluding hydrogens is 334 g/mol. The second kappa shape index (κ2) is 7.57. The number of carbonyl (C=O) groups is 2. The number of rotatable bonds is 4. The highest BCUT2D eigenvalue weighted by atomic mass is 16.5. The van der Waals surface area contributed by atoms with Crippen LogP contribution in [-0.4, -0.2) is 26.2 Å². The van der Waals surface area contributed by atoms with Gasteiger partial charge in [0.25, 0.3) is 0 Å². The van der Waals surface area contributed by atoms with E-state index in [0.717, 1.165) is 5.56 Å². The minimum atomic E-state index is -0.657. The number of carbonyl (C=O) groups excluding carboxylic acids is 2. The number of benzene rings is 1. The zero-order valence-electron chi connectivity index (χ0n) is 14.3. The van der Waals surface area contributed by atoms with Gasteiger partial charge in [-0.25, -0.2) is 9.59 Å². The topological polar surface area (TPSA) is 69.0 Å². The molecule has 0 saturated carbocycles. The van der Waals surface area contributed by atoms with E-state index in [1.165, 1.54) is 20.3 Å². The highest BCUT2D eigenvalue weighted by Crippen LogP contribution is 2.35. The molecule has 2 heterocycles. The Labute approximate surface area is 150 Å². The fourth-order valence-corrected chi connectivity index (χ4v) is 2.68. The molecule has 132 valence electrons. The fraction of sp³-hybridized carbons (Fsp3) is 0.100. The predicted octanol–water partition coefficient (Wildman–Crippen LogP) is 3.44. The first-order chi connectivity index (χ1) is 12.7. The van der Waals surface area contributed by atoms with Crippen molar-refractivity contribution in [3.8, 4) is 11.3 Å². The van der Waals surface area contributed by atoms with Gasteiger partial charge >= 0.3 is 11.9 Å². The first-order valence-electron chi connectivity index (χ1n) is 7.85. The fourth-order valence-electron chi connectivity index (χ4n) is 2.68. The Morgan fingerprint density at radius 2 is 1.73 bits per heavy atom. The number of anilines is 1. The number of para-hydroxylation sites is 1. The third-order valence-electron chi connectivity index (χ3n) is 3.84. The van der Waals surface area contributed by atoms with Crippen molar-refractivity contribution in [3.63, 3.8) is 0 Å². The van der Waals surface area contributed by atoms with Crippen molar-refractivity contribution >= 4 is 17.6 Å². The summed E-state index contributed by atoms with van der Waals surface area (Å²) in [6, 6.07) is 11.0. The molecule has 1 aliphatic heterocycles. The quantitative estimate of drug-likeness (QED) is 0.786. The smallest absolute Gasteiger partial charge is 0.355 e. The summed E-state index contributed by atoms with van der Waals surface area (Å²) in [5, 5.41) is 0. The number of esters is 2. The van der Waals surface area contributed by atoms with Crippen molar-refractivity contribution in [2.45, 2.75) is 0 Å². The van der Waals surface area contributed by atoms with Crippen LogP contribution in [0.3, 0.4) is 0 Å². The number of hydrogen-bond donors (Lipinski definition) is 0. The number of ether oxygens (including phenoxy) is 2. The van der Waals surface area contributed by atoms with Gasteiger partial charge in [0.05, 0.1) is 31.7 Å². The van der Waals surface area contributed by atoms with Gasteiger partial charge in [-0.05, 0) is 36.4 Å². The van der Waals surface area contributed by atoms with Crippen molar-refractivity contribution in [1.82, 2.24) is 0 Å². The molecule has 0 fully saturated rings. The minimum Gasteiger partial charge on any atom is -0.465 e. The van der Waals surface area contributed by atoms with Gasteiger partial charge in [-0.3, -0.25) is 0 Å². The van der Waals surface area contributed by atoms with Crippen LogP contribution in [0.4, 0.5) is 5.69 Å². The number of hydrogen-bond acceptors (Lipinski definition) is 6. The summed E-state index contributed by atoms with van der Waals surface area (Å²) < 4.78 is 15.3. The lowest BCUT2D eigenvalue weighted by atomic mass is 10.1. The van der Waals surface area contributed by atoms with Crippen LogP contribution in [0.2, 0.25) is 0 Å². The monoisotopic (exact) mass is 351 g/mol. The molecule has 0 aliphatic carbocycles. The normalized spacial score (nSPS) is 13.5. The maximum Gasteiger partial charge on any atom is 0.355 e. The Hall–Kier alpha value is -3.54. The maximum absolute atomic E-state index is 12.5. The lowest BCUT2D eigenvalue weighted by Crippen LogP contribution is -2.27. The Balaban J connectivity index is 2.23. The molecule has 0 bridgehead atoms. The maximum atomic E-state index is 12.5. The third kappa shape index (κ3) is 3.17. The average molecular weight is 351 g/mol. The molecule has 1 aromatic carbocycles. The Kier molecular flexibility index (Phi) is 5.03. The van der Waals surface area contributed by atoms with Crippen molar-refractivity contribution in [3.05, 3.63) is 78.4 Å². The molecule has 0 N–H and O–H groups in total. The largest absolute Gasteiger partial charge is 0.465 e. The van der Waals surface area contributed by atoms with Gasteiger partial charge in [-0.15, -0.1) is 0 Å². The van der Waals surface area contributed by atoms with Crippen molar-refractivity contribution in [2.24, 2.45) is 0 Å². The van der Waals surface area contributed by atoms with E-state index in [9.17, 15) is 9.59 Å². The van der Waals surface area contributed by atoms with E-state index < -0.39 is 11.9 Å². The predicted molar refractivity (Wildman–Crippen MR) is 96.0 cm³/mol. The summed E-state index contributed by atoms with van der Waals surface area (Å²) in [5.41, 5.74) is 1.57. The number of methoxy groups -OCH3 is 2. The highest BCUT2D eigenvalue weighted by Gasteiger charge is 2.28. The van der Waals surface area contributed by atoms with Crippen molar-refractivity contribution in [2.75, 3.05) is 19.1 Å². The minimum absolute atomic E-state index is 0.0587. The van der Waals surface area contributed by atoms with Crippen LogP contribution in [0, 0.1) is 0 Å². The molecule has 26 heavy (non-hydrogen) atoms. The number of furan rings is 1. The van der Waals surface area contributed by atoms with Gasteiger partial charge < -0.3 is 18.8 Å². The van der Waals surface area contributed by atoms with Crippen LogP contribution in [-0.2, 0) is 19.1 Å². The SMILES string of the molecule is COC(=O)C1=C(C(=O)OC)N(c2ccccc2-c2ccco2)C=CC=C1. The average Bonchev–Trinajstić information content (AvgIpc) is 3.13. The Morgan fingerprint density at radius 1 is 0.962 bits per heavy atom. The molecule has 0 saturated heterocycles. The summed E-state index contributed by atoms with van der Waals surface area (Å²) in [6.45, 7) is 0. The summed E-state index contributed by atoms with van der Waals surface area (Å²) in [5.74, 6) is -0.656. The lowest BCUT2D eigenvalue weighted by Gasteiger charge is -2.24. The standard InChI is InChI=1S/C20H17NO5/c1-24-19(22)15-9-5-6-12-21(18(15)20(23)25-2)16-10-4-3-8-14(16)17-11-7-13-26-17/h3-13H,1-2H3.